The van der Waals surface area contributed by atoms with E-state index < -0.39 is 6.10 Å². The normalized spacial score (nSPS) is 19.1. The van der Waals surface area contributed by atoms with Gasteiger partial charge in [0.1, 0.15) is 5.75 Å². The summed E-state index contributed by atoms with van der Waals surface area (Å²) in [7, 11) is 0. The molecule has 0 amide bonds. The molecule has 1 aliphatic rings. The average Bonchev–Trinajstić information content (AvgIpc) is 3.10. The van der Waals surface area contributed by atoms with Crippen LogP contribution in [0.15, 0.2) is 18.5 Å². The van der Waals surface area contributed by atoms with Crippen molar-refractivity contribution in [2.75, 3.05) is 0 Å². The number of aromatic nitrogens is 1. The largest absolute Gasteiger partial charge is 0.489 e. The van der Waals surface area contributed by atoms with Gasteiger partial charge in [0.15, 0.2) is 0 Å². The van der Waals surface area contributed by atoms with E-state index in [0.717, 1.165) is 11.3 Å². The van der Waals surface area contributed by atoms with E-state index in [2.05, 4.69) is 11.9 Å². The van der Waals surface area contributed by atoms with Gasteiger partial charge in [-0.05, 0) is 44.6 Å². The van der Waals surface area contributed by atoms with Crippen LogP contribution in [0, 0.1) is 11.8 Å². The van der Waals surface area contributed by atoms with E-state index in [1.54, 1.807) is 12.4 Å². The monoisotopic (exact) mass is 235 g/mol. The van der Waals surface area contributed by atoms with Gasteiger partial charge in [-0.25, -0.2) is 0 Å². The summed E-state index contributed by atoms with van der Waals surface area (Å²) in [5, 5.41) is 10.3. The van der Waals surface area contributed by atoms with E-state index in [1.165, 1.54) is 12.8 Å². The Morgan fingerprint density at radius 1 is 1.29 bits per heavy atom. The van der Waals surface area contributed by atoms with Crippen molar-refractivity contribution in [1.82, 2.24) is 4.98 Å². The van der Waals surface area contributed by atoms with Crippen molar-refractivity contribution in [2.24, 2.45) is 11.8 Å². The topological polar surface area (TPSA) is 42.4 Å². The van der Waals surface area contributed by atoms with E-state index in [-0.39, 0.29) is 6.10 Å². The molecule has 0 saturated heterocycles. The van der Waals surface area contributed by atoms with Gasteiger partial charge in [-0.1, -0.05) is 6.92 Å². The number of hydrogen-bond acceptors (Lipinski definition) is 3. The molecule has 17 heavy (non-hydrogen) atoms. The number of pyridine rings is 1. The zero-order valence-corrected chi connectivity index (χ0v) is 10.8. The van der Waals surface area contributed by atoms with Gasteiger partial charge in [0.2, 0.25) is 0 Å². The zero-order chi connectivity index (χ0) is 12.4. The van der Waals surface area contributed by atoms with Crippen LogP contribution in [0.1, 0.15) is 45.3 Å². The Kier molecular flexibility index (Phi) is 3.67. The Morgan fingerprint density at radius 2 is 2.00 bits per heavy atom. The number of ether oxygens (including phenoxy) is 1. The summed E-state index contributed by atoms with van der Waals surface area (Å²) < 4.78 is 5.59. The van der Waals surface area contributed by atoms with Crippen LogP contribution in [0.2, 0.25) is 0 Å². The lowest BCUT2D eigenvalue weighted by molar-refractivity contribution is 0.105. The Morgan fingerprint density at radius 3 is 2.59 bits per heavy atom. The van der Waals surface area contributed by atoms with Crippen molar-refractivity contribution in [2.45, 2.75) is 45.8 Å². The van der Waals surface area contributed by atoms with E-state index >= 15 is 0 Å². The summed E-state index contributed by atoms with van der Waals surface area (Å²) in [5.74, 6) is 1.73. The van der Waals surface area contributed by atoms with Crippen molar-refractivity contribution in [3.8, 4) is 5.75 Å². The highest BCUT2D eigenvalue weighted by Gasteiger charge is 2.33. The van der Waals surface area contributed by atoms with Gasteiger partial charge in [-0.2, -0.15) is 0 Å². The van der Waals surface area contributed by atoms with Crippen LogP contribution in [-0.4, -0.2) is 16.2 Å². The second-order valence-electron chi connectivity index (χ2n) is 5.26. The van der Waals surface area contributed by atoms with E-state index in [4.69, 9.17) is 4.74 Å². The predicted molar refractivity (Wildman–Crippen MR) is 66.8 cm³/mol. The fourth-order valence-corrected chi connectivity index (χ4v) is 2.12. The summed E-state index contributed by atoms with van der Waals surface area (Å²) in [5.41, 5.74) is 0.863. The number of nitrogens with zero attached hydrogens (tertiary/aromatic N) is 1. The first kappa shape index (κ1) is 12.4. The molecular formula is C14H21NO2. The molecule has 3 heteroatoms. The molecule has 1 N–H and O–H groups in total. The van der Waals surface area contributed by atoms with Gasteiger partial charge in [0, 0.05) is 11.8 Å². The highest BCUT2D eigenvalue weighted by atomic mass is 16.5. The van der Waals surface area contributed by atoms with Crippen molar-refractivity contribution < 1.29 is 9.84 Å². The second-order valence-corrected chi connectivity index (χ2v) is 5.26. The molecule has 2 unspecified atom stereocenters. The van der Waals surface area contributed by atoms with Gasteiger partial charge in [0.05, 0.1) is 18.4 Å². The molecule has 1 heterocycles. The third kappa shape index (κ3) is 3.19. The van der Waals surface area contributed by atoms with Gasteiger partial charge < -0.3 is 9.84 Å². The lowest BCUT2D eigenvalue weighted by Crippen LogP contribution is -2.12. The van der Waals surface area contributed by atoms with Crippen molar-refractivity contribution in [3.63, 3.8) is 0 Å². The van der Waals surface area contributed by atoms with Gasteiger partial charge in [0.25, 0.3) is 0 Å². The zero-order valence-electron chi connectivity index (χ0n) is 10.8. The molecule has 0 spiro atoms. The summed E-state index contributed by atoms with van der Waals surface area (Å²) >= 11 is 0. The molecule has 1 saturated carbocycles. The maximum absolute atomic E-state index is 10.3. The quantitative estimate of drug-likeness (QED) is 0.853. The highest BCUT2D eigenvalue weighted by Crippen LogP contribution is 2.42. The first-order valence-corrected chi connectivity index (χ1v) is 6.37. The molecule has 94 valence electrons. The number of rotatable bonds is 5. The first-order valence-electron chi connectivity index (χ1n) is 6.37. The molecule has 0 aliphatic heterocycles. The fraction of sp³-hybridized carbons (Fsp3) is 0.643. The average molecular weight is 235 g/mol. The van der Waals surface area contributed by atoms with E-state index in [0.29, 0.717) is 11.8 Å². The van der Waals surface area contributed by atoms with Gasteiger partial charge in [-0.3, -0.25) is 4.98 Å². The molecule has 1 fully saturated rings. The molecule has 3 nitrogen and oxygen atoms in total. The molecule has 0 aromatic carbocycles. The molecule has 1 aromatic heterocycles. The molecular weight excluding hydrogens is 214 g/mol. The summed E-state index contributed by atoms with van der Waals surface area (Å²) in [4.78, 5) is 4.14. The highest BCUT2D eigenvalue weighted by molar-refractivity contribution is 5.26. The van der Waals surface area contributed by atoms with Gasteiger partial charge >= 0.3 is 0 Å². The van der Waals surface area contributed by atoms with Crippen LogP contribution in [0.3, 0.4) is 0 Å². The fourth-order valence-electron chi connectivity index (χ4n) is 2.12. The molecule has 2 rings (SSSR count). The Labute approximate surface area is 103 Å². The van der Waals surface area contributed by atoms with Crippen molar-refractivity contribution >= 4 is 0 Å². The number of aliphatic hydroxyl groups excluding tert-OH is 1. The molecule has 1 aromatic rings. The Bertz CT molecular complexity index is 374. The van der Waals surface area contributed by atoms with Crippen molar-refractivity contribution in [1.29, 1.82) is 0 Å². The molecule has 1 aliphatic carbocycles. The smallest absolute Gasteiger partial charge is 0.138 e. The van der Waals surface area contributed by atoms with Crippen LogP contribution in [0.25, 0.3) is 0 Å². The molecule has 2 atom stereocenters. The predicted octanol–water partition coefficient (Wildman–Crippen LogP) is 2.95. The van der Waals surface area contributed by atoms with Crippen LogP contribution >= 0.6 is 0 Å². The lowest BCUT2D eigenvalue weighted by Gasteiger charge is -2.19. The maximum Gasteiger partial charge on any atom is 0.138 e. The number of aliphatic hydroxyl groups is 1. The van der Waals surface area contributed by atoms with Crippen molar-refractivity contribution in [3.05, 3.63) is 24.0 Å². The number of hydrogen-bond donors (Lipinski definition) is 1. The van der Waals surface area contributed by atoms with Crippen LogP contribution in [0.4, 0.5) is 0 Å². The van der Waals surface area contributed by atoms with E-state index in [9.17, 15) is 5.11 Å². The summed E-state index contributed by atoms with van der Waals surface area (Å²) in [6.45, 7) is 6.07. The molecule has 0 radical (unpaired) electrons. The lowest BCUT2D eigenvalue weighted by atomic mass is 9.94. The minimum atomic E-state index is -0.425. The minimum absolute atomic E-state index is 0.130. The minimum Gasteiger partial charge on any atom is -0.489 e. The third-order valence-electron chi connectivity index (χ3n) is 3.31. The van der Waals surface area contributed by atoms with Gasteiger partial charge in [-0.15, -0.1) is 0 Å². The van der Waals surface area contributed by atoms with Crippen LogP contribution < -0.4 is 4.74 Å². The standard InChI is InChI=1S/C14H21NO2/c1-9(2)17-13-6-12(7-15-8-13)14(16)10(3)11-4-5-11/h6-11,14,16H,4-5H2,1-3H3. The maximum atomic E-state index is 10.3. The third-order valence-corrected chi connectivity index (χ3v) is 3.31. The Hall–Kier alpha value is -1.09. The molecule has 0 bridgehead atoms. The summed E-state index contributed by atoms with van der Waals surface area (Å²) in [6.07, 6.45) is 5.62. The SMILES string of the molecule is CC(C)Oc1cncc(C(O)C(C)C2CC2)c1. The first-order chi connectivity index (χ1) is 8.08. The second kappa shape index (κ2) is 5.05. The summed E-state index contributed by atoms with van der Waals surface area (Å²) in [6, 6.07) is 1.90. The van der Waals surface area contributed by atoms with Crippen LogP contribution in [-0.2, 0) is 0 Å². The van der Waals surface area contributed by atoms with E-state index in [1.807, 2.05) is 19.9 Å². The van der Waals surface area contributed by atoms with Crippen LogP contribution in [0.5, 0.6) is 5.75 Å². The Balaban J connectivity index is 2.08.